The molecule has 7 nitrogen and oxygen atoms in total. The van der Waals surface area contributed by atoms with Gasteiger partial charge in [-0.3, -0.25) is 4.79 Å². The van der Waals surface area contributed by atoms with Crippen molar-refractivity contribution in [2.75, 3.05) is 19.7 Å². The number of pyridine rings is 1. The monoisotopic (exact) mass is 379 g/mol. The quantitative estimate of drug-likeness (QED) is 0.751. The van der Waals surface area contributed by atoms with Gasteiger partial charge in [-0.25, -0.2) is 4.98 Å². The third-order valence-electron chi connectivity index (χ3n) is 4.86. The van der Waals surface area contributed by atoms with Crippen LogP contribution in [0.15, 0.2) is 47.0 Å². The second kappa shape index (κ2) is 7.44. The lowest BCUT2D eigenvalue weighted by Gasteiger charge is -2.33. The largest absolute Gasteiger partial charge is 0.508 e. The summed E-state index contributed by atoms with van der Waals surface area (Å²) in [4.78, 5) is 19.3. The van der Waals surface area contributed by atoms with E-state index in [1.807, 2.05) is 32.0 Å². The topological polar surface area (TPSA) is 88.7 Å². The number of nitrogens with zero attached hydrogens (tertiary/aromatic N) is 3. The fraction of sp³-hybridized carbons (Fsp3) is 0.286. The van der Waals surface area contributed by atoms with Crippen LogP contribution in [0, 0.1) is 13.8 Å². The van der Waals surface area contributed by atoms with E-state index in [2.05, 4.69) is 5.16 Å². The molecule has 0 aliphatic carbocycles. The van der Waals surface area contributed by atoms with Gasteiger partial charge >= 0.3 is 0 Å². The van der Waals surface area contributed by atoms with Crippen molar-refractivity contribution in [3.63, 3.8) is 0 Å². The van der Waals surface area contributed by atoms with E-state index in [0.29, 0.717) is 25.3 Å². The molecule has 144 valence electrons. The minimum absolute atomic E-state index is 0.0878. The van der Waals surface area contributed by atoms with E-state index < -0.39 is 0 Å². The first kappa shape index (κ1) is 18.2. The lowest BCUT2D eigenvalue weighted by Crippen LogP contribution is -2.42. The first-order valence-corrected chi connectivity index (χ1v) is 9.13. The Labute approximate surface area is 162 Å². The SMILES string of the molecule is Cc1noc(C)c1-c1cccc([C@H]2CN(C(=O)c3ccc(O)cc3)CCO2)n1. The standard InChI is InChI=1S/C21H21N3O4/c1-13-20(14(2)28-23-13)18-5-3-4-17(22-18)19-12-24(10-11-27-19)21(26)15-6-8-16(25)9-7-15/h3-9,19,25H,10-12H2,1-2H3/t19-/m1/s1. The van der Waals surface area contributed by atoms with Gasteiger partial charge in [0.05, 0.1) is 35.8 Å². The molecule has 1 aliphatic heterocycles. The second-order valence-corrected chi connectivity index (χ2v) is 6.80. The highest BCUT2D eigenvalue weighted by Gasteiger charge is 2.27. The zero-order valence-corrected chi connectivity index (χ0v) is 15.8. The van der Waals surface area contributed by atoms with Crippen LogP contribution in [0.4, 0.5) is 0 Å². The highest BCUT2D eigenvalue weighted by Crippen LogP contribution is 2.28. The number of aryl methyl sites for hydroxylation is 2. The molecule has 2 aromatic heterocycles. The van der Waals surface area contributed by atoms with Gasteiger partial charge in [0.1, 0.15) is 17.6 Å². The molecule has 3 aromatic rings. The molecule has 1 amide bonds. The Balaban J connectivity index is 1.56. The number of hydrogen-bond donors (Lipinski definition) is 1. The van der Waals surface area contributed by atoms with E-state index in [0.717, 1.165) is 28.4 Å². The maximum atomic E-state index is 12.8. The van der Waals surface area contributed by atoms with Crippen LogP contribution in [0.25, 0.3) is 11.3 Å². The highest BCUT2D eigenvalue weighted by molar-refractivity contribution is 5.94. The zero-order valence-electron chi connectivity index (χ0n) is 15.8. The fourth-order valence-electron chi connectivity index (χ4n) is 3.42. The molecule has 1 saturated heterocycles. The molecule has 0 spiro atoms. The van der Waals surface area contributed by atoms with Gasteiger partial charge in [0.25, 0.3) is 5.91 Å². The average molecular weight is 379 g/mol. The van der Waals surface area contributed by atoms with E-state index in [9.17, 15) is 9.90 Å². The number of morpholine rings is 1. The number of rotatable bonds is 3. The number of phenolic OH excluding ortho intramolecular Hbond substituents is 1. The van der Waals surface area contributed by atoms with Crippen molar-refractivity contribution in [1.82, 2.24) is 15.0 Å². The minimum Gasteiger partial charge on any atom is -0.508 e. The van der Waals surface area contributed by atoms with Crippen LogP contribution in [0.3, 0.4) is 0 Å². The predicted octanol–water partition coefficient (Wildman–Crippen LogP) is 3.27. The summed E-state index contributed by atoms with van der Waals surface area (Å²) in [7, 11) is 0. The Kier molecular flexibility index (Phi) is 4.83. The second-order valence-electron chi connectivity index (χ2n) is 6.80. The molecule has 4 rings (SSSR count). The smallest absolute Gasteiger partial charge is 0.254 e. The van der Waals surface area contributed by atoms with Gasteiger partial charge in [-0.2, -0.15) is 0 Å². The van der Waals surface area contributed by atoms with Gasteiger partial charge < -0.3 is 19.3 Å². The Morgan fingerprint density at radius 2 is 1.96 bits per heavy atom. The van der Waals surface area contributed by atoms with Gasteiger partial charge in [-0.05, 0) is 50.2 Å². The number of benzene rings is 1. The lowest BCUT2D eigenvalue weighted by molar-refractivity contribution is -0.0246. The molecule has 0 bridgehead atoms. The Hall–Kier alpha value is -3.19. The molecular weight excluding hydrogens is 358 g/mol. The number of carbonyl (C=O) groups is 1. The van der Waals surface area contributed by atoms with Gasteiger partial charge in [0, 0.05) is 12.1 Å². The molecule has 0 radical (unpaired) electrons. The van der Waals surface area contributed by atoms with E-state index in [-0.39, 0.29) is 17.8 Å². The maximum absolute atomic E-state index is 12.8. The van der Waals surface area contributed by atoms with Gasteiger partial charge in [-0.1, -0.05) is 11.2 Å². The van der Waals surface area contributed by atoms with Crippen molar-refractivity contribution in [2.45, 2.75) is 20.0 Å². The number of amides is 1. The summed E-state index contributed by atoms with van der Waals surface area (Å²) in [5.41, 5.74) is 3.75. The van der Waals surface area contributed by atoms with Crippen molar-refractivity contribution in [3.05, 3.63) is 65.2 Å². The molecule has 1 aromatic carbocycles. The fourth-order valence-corrected chi connectivity index (χ4v) is 3.42. The van der Waals surface area contributed by atoms with E-state index >= 15 is 0 Å². The Morgan fingerprint density at radius 3 is 2.68 bits per heavy atom. The molecular formula is C21H21N3O4. The summed E-state index contributed by atoms with van der Waals surface area (Å²) >= 11 is 0. The van der Waals surface area contributed by atoms with Crippen molar-refractivity contribution in [2.24, 2.45) is 0 Å². The van der Waals surface area contributed by atoms with Crippen molar-refractivity contribution < 1.29 is 19.2 Å². The summed E-state index contributed by atoms with van der Waals surface area (Å²) in [6.07, 6.45) is -0.310. The number of phenols is 1. The third-order valence-corrected chi connectivity index (χ3v) is 4.86. The van der Waals surface area contributed by atoms with Crippen LogP contribution in [-0.4, -0.2) is 45.8 Å². The average Bonchev–Trinajstić information content (AvgIpc) is 3.06. The van der Waals surface area contributed by atoms with E-state index in [1.165, 1.54) is 12.1 Å². The van der Waals surface area contributed by atoms with Crippen LogP contribution >= 0.6 is 0 Å². The molecule has 1 atom stereocenters. The third kappa shape index (κ3) is 3.48. The highest BCUT2D eigenvalue weighted by atomic mass is 16.5. The van der Waals surface area contributed by atoms with Crippen LogP contribution in [0.2, 0.25) is 0 Å². The molecule has 1 fully saturated rings. The minimum atomic E-state index is -0.310. The van der Waals surface area contributed by atoms with Crippen LogP contribution in [-0.2, 0) is 4.74 Å². The summed E-state index contributed by atoms with van der Waals surface area (Å²) < 4.78 is 11.1. The zero-order chi connectivity index (χ0) is 19.7. The number of carbonyl (C=O) groups excluding carboxylic acids is 1. The summed E-state index contributed by atoms with van der Waals surface area (Å²) in [6, 6.07) is 12.0. The van der Waals surface area contributed by atoms with Crippen molar-refractivity contribution >= 4 is 5.91 Å². The van der Waals surface area contributed by atoms with Crippen LogP contribution in [0.5, 0.6) is 5.75 Å². The molecule has 0 saturated carbocycles. The Morgan fingerprint density at radius 1 is 1.18 bits per heavy atom. The first-order valence-electron chi connectivity index (χ1n) is 9.13. The number of aromatic hydroxyl groups is 1. The van der Waals surface area contributed by atoms with Crippen molar-refractivity contribution in [3.8, 4) is 17.0 Å². The molecule has 1 aliphatic rings. The van der Waals surface area contributed by atoms with Crippen LogP contribution < -0.4 is 0 Å². The van der Waals surface area contributed by atoms with Gasteiger partial charge in [0.15, 0.2) is 0 Å². The van der Waals surface area contributed by atoms with Gasteiger partial charge in [-0.15, -0.1) is 0 Å². The van der Waals surface area contributed by atoms with Gasteiger partial charge in [0.2, 0.25) is 0 Å². The number of hydrogen-bond acceptors (Lipinski definition) is 6. The summed E-state index contributed by atoms with van der Waals surface area (Å²) in [6.45, 7) is 5.11. The van der Waals surface area contributed by atoms with E-state index in [4.69, 9.17) is 14.2 Å². The first-order chi connectivity index (χ1) is 13.5. The molecule has 3 heterocycles. The molecule has 7 heteroatoms. The summed E-state index contributed by atoms with van der Waals surface area (Å²) in [5, 5.41) is 13.4. The molecule has 1 N–H and O–H groups in total. The molecule has 0 unspecified atom stereocenters. The number of ether oxygens (including phenoxy) is 1. The Bertz CT molecular complexity index is 978. The van der Waals surface area contributed by atoms with Crippen molar-refractivity contribution in [1.29, 1.82) is 0 Å². The predicted molar refractivity (Wildman–Crippen MR) is 102 cm³/mol. The lowest BCUT2D eigenvalue weighted by atomic mass is 10.1. The number of aromatic nitrogens is 2. The van der Waals surface area contributed by atoms with E-state index in [1.54, 1.807) is 17.0 Å². The normalized spacial score (nSPS) is 16.9. The maximum Gasteiger partial charge on any atom is 0.254 e. The summed E-state index contributed by atoms with van der Waals surface area (Å²) in [5.74, 6) is 0.766. The molecule has 28 heavy (non-hydrogen) atoms. The van der Waals surface area contributed by atoms with Crippen LogP contribution in [0.1, 0.15) is 33.6 Å².